The molecule has 2 N–H and O–H groups in total. The first-order valence-corrected chi connectivity index (χ1v) is 7.24. The summed E-state index contributed by atoms with van der Waals surface area (Å²) in [4.78, 5) is 2.41. The van der Waals surface area contributed by atoms with Gasteiger partial charge in [-0.15, -0.1) is 0 Å². The number of nitrogens with one attached hydrogen (secondary N) is 1. The van der Waals surface area contributed by atoms with E-state index in [1.807, 2.05) is 0 Å². The van der Waals surface area contributed by atoms with Crippen molar-refractivity contribution in [3.8, 4) is 0 Å². The van der Waals surface area contributed by atoms with Crippen LogP contribution in [0.2, 0.25) is 0 Å². The first-order chi connectivity index (χ1) is 9.11. The van der Waals surface area contributed by atoms with Gasteiger partial charge in [0.1, 0.15) is 0 Å². The van der Waals surface area contributed by atoms with E-state index in [2.05, 4.69) is 43.1 Å². The number of piperazine rings is 1. The van der Waals surface area contributed by atoms with Crippen molar-refractivity contribution in [2.24, 2.45) is 0 Å². The maximum absolute atomic E-state index is 9.71. The highest BCUT2D eigenvalue weighted by Gasteiger charge is 2.21. The smallest absolute Gasteiger partial charge is 0.0590 e. The van der Waals surface area contributed by atoms with Crippen LogP contribution in [0.25, 0.3) is 0 Å². The molecule has 0 saturated carbocycles. The van der Waals surface area contributed by atoms with Crippen molar-refractivity contribution in [1.29, 1.82) is 0 Å². The van der Waals surface area contributed by atoms with Gasteiger partial charge in [0.05, 0.1) is 6.61 Å². The van der Waals surface area contributed by atoms with Crippen molar-refractivity contribution < 1.29 is 5.11 Å². The molecule has 0 amide bonds. The van der Waals surface area contributed by atoms with Crippen molar-refractivity contribution in [1.82, 2.24) is 10.2 Å². The van der Waals surface area contributed by atoms with Crippen molar-refractivity contribution in [2.75, 3.05) is 32.8 Å². The lowest BCUT2D eigenvalue weighted by atomic mass is 9.94. The fourth-order valence-electron chi connectivity index (χ4n) is 3.12. The average Bonchev–Trinajstić information content (AvgIpc) is 2.39. The van der Waals surface area contributed by atoms with E-state index in [0.717, 1.165) is 32.6 Å². The van der Waals surface area contributed by atoms with E-state index in [1.165, 1.54) is 22.3 Å². The Morgan fingerprint density at radius 3 is 2.26 bits per heavy atom. The quantitative estimate of drug-likeness (QED) is 0.861. The van der Waals surface area contributed by atoms with Crippen molar-refractivity contribution >= 4 is 0 Å². The predicted octanol–water partition coefficient (Wildman–Crippen LogP) is 1.42. The van der Waals surface area contributed by atoms with Gasteiger partial charge in [0.25, 0.3) is 0 Å². The van der Waals surface area contributed by atoms with Gasteiger partial charge in [-0.3, -0.25) is 4.90 Å². The molecule has 1 saturated heterocycles. The molecule has 1 fully saturated rings. The summed E-state index contributed by atoms with van der Waals surface area (Å²) in [5.74, 6) is 0. The molecular weight excluding hydrogens is 236 g/mol. The molecule has 1 unspecified atom stereocenters. The van der Waals surface area contributed by atoms with E-state index >= 15 is 0 Å². The van der Waals surface area contributed by atoms with Gasteiger partial charge in [-0.25, -0.2) is 0 Å². The fraction of sp³-hybridized carbons (Fsp3) is 0.625. The van der Waals surface area contributed by atoms with Gasteiger partial charge in [-0.1, -0.05) is 17.7 Å². The molecule has 0 aromatic heterocycles. The van der Waals surface area contributed by atoms with Gasteiger partial charge < -0.3 is 10.4 Å². The summed E-state index contributed by atoms with van der Waals surface area (Å²) in [5.41, 5.74) is 5.43. The van der Waals surface area contributed by atoms with E-state index in [4.69, 9.17) is 0 Å². The minimum Gasteiger partial charge on any atom is -0.395 e. The lowest BCUT2D eigenvalue weighted by molar-refractivity contribution is 0.110. The highest BCUT2D eigenvalue weighted by molar-refractivity contribution is 5.38. The van der Waals surface area contributed by atoms with Crippen LogP contribution in [-0.2, 0) is 6.42 Å². The number of hydrogen-bond donors (Lipinski definition) is 2. The zero-order valence-corrected chi connectivity index (χ0v) is 12.4. The van der Waals surface area contributed by atoms with Gasteiger partial charge in [0.15, 0.2) is 0 Å². The van der Waals surface area contributed by atoms with Crippen LogP contribution in [0.3, 0.4) is 0 Å². The summed E-state index contributed by atoms with van der Waals surface area (Å²) < 4.78 is 0. The Labute approximate surface area is 116 Å². The number of aliphatic hydroxyl groups is 1. The molecule has 0 bridgehead atoms. The van der Waals surface area contributed by atoms with Crippen LogP contribution in [0, 0.1) is 20.8 Å². The van der Waals surface area contributed by atoms with E-state index in [1.54, 1.807) is 0 Å². The maximum atomic E-state index is 9.71. The number of benzene rings is 1. The minimum absolute atomic E-state index is 0.243. The van der Waals surface area contributed by atoms with Crippen molar-refractivity contribution in [2.45, 2.75) is 33.2 Å². The Morgan fingerprint density at radius 2 is 1.74 bits per heavy atom. The first-order valence-electron chi connectivity index (χ1n) is 7.24. The molecule has 1 heterocycles. The molecule has 3 heteroatoms. The second-order valence-corrected chi connectivity index (χ2v) is 5.70. The summed E-state index contributed by atoms with van der Waals surface area (Å²) in [7, 11) is 0. The second-order valence-electron chi connectivity index (χ2n) is 5.70. The average molecular weight is 262 g/mol. The SMILES string of the molecule is Cc1cc(C)c(CC(CO)N2CCNCC2)c(C)c1. The topological polar surface area (TPSA) is 35.5 Å². The summed E-state index contributed by atoms with van der Waals surface area (Å²) in [6, 6.07) is 4.74. The number of aliphatic hydroxyl groups excluding tert-OH is 1. The van der Waals surface area contributed by atoms with E-state index in [9.17, 15) is 5.11 Å². The second kappa shape index (κ2) is 6.51. The Hall–Kier alpha value is -0.900. The lowest BCUT2D eigenvalue weighted by Gasteiger charge is -2.34. The molecule has 0 radical (unpaired) electrons. The van der Waals surface area contributed by atoms with Crippen LogP contribution in [0.5, 0.6) is 0 Å². The van der Waals surface area contributed by atoms with E-state index in [0.29, 0.717) is 0 Å². The zero-order chi connectivity index (χ0) is 13.8. The Bertz CT molecular complexity index is 402. The molecule has 1 aliphatic heterocycles. The largest absolute Gasteiger partial charge is 0.395 e. The molecule has 0 spiro atoms. The van der Waals surface area contributed by atoms with Crippen molar-refractivity contribution in [3.63, 3.8) is 0 Å². The van der Waals surface area contributed by atoms with Gasteiger partial charge >= 0.3 is 0 Å². The highest BCUT2D eigenvalue weighted by Crippen LogP contribution is 2.20. The summed E-state index contributed by atoms with van der Waals surface area (Å²) in [6.07, 6.45) is 0.953. The van der Waals surface area contributed by atoms with Crippen LogP contribution < -0.4 is 5.32 Å². The first kappa shape index (κ1) is 14.5. The van der Waals surface area contributed by atoms with Gasteiger partial charge in [0.2, 0.25) is 0 Å². The number of hydrogen-bond acceptors (Lipinski definition) is 3. The van der Waals surface area contributed by atoms with Gasteiger partial charge in [0, 0.05) is 32.2 Å². The molecule has 3 nitrogen and oxygen atoms in total. The lowest BCUT2D eigenvalue weighted by Crippen LogP contribution is -2.50. The monoisotopic (exact) mass is 262 g/mol. The molecule has 1 aliphatic rings. The van der Waals surface area contributed by atoms with Crippen LogP contribution in [0.4, 0.5) is 0 Å². The normalized spacial score (nSPS) is 18.5. The van der Waals surface area contributed by atoms with E-state index in [-0.39, 0.29) is 12.6 Å². The third-order valence-corrected chi connectivity index (χ3v) is 4.16. The third kappa shape index (κ3) is 3.56. The van der Waals surface area contributed by atoms with Crippen LogP contribution >= 0.6 is 0 Å². The van der Waals surface area contributed by atoms with Gasteiger partial charge in [-0.05, 0) is 43.9 Å². The van der Waals surface area contributed by atoms with Crippen LogP contribution in [0.1, 0.15) is 22.3 Å². The molecule has 19 heavy (non-hydrogen) atoms. The van der Waals surface area contributed by atoms with Crippen LogP contribution in [-0.4, -0.2) is 48.8 Å². The molecule has 0 aliphatic carbocycles. The summed E-state index contributed by atoms with van der Waals surface area (Å²) in [5, 5.41) is 13.1. The summed E-state index contributed by atoms with van der Waals surface area (Å²) in [6.45, 7) is 10.9. The van der Waals surface area contributed by atoms with Crippen molar-refractivity contribution in [3.05, 3.63) is 34.4 Å². The molecule has 1 atom stereocenters. The molecule has 106 valence electrons. The maximum Gasteiger partial charge on any atom is 0.0590 e. The fourth-order valence-corrected chi connectivity index (χ4v) is 3.12. The zero-order valence-electron chi connectivity index (χ0n) is 12.4. The number of nitrogens with zero attached hydrogens (tertiary/aromatic N) is 1. The highest BCUT2D eigenvalue weighted by atomic mass is 16.3. The molecule has 1 aromatic rings. The third-order valence-electron chi connectivity index (χ3n) is 4.16. The summed E-state index contributed by atoms with van der Waals surface area (Å²) >= 11 is 0. The Morgan fingerprint density at radius 1 is 1.16 bits per heavy atom. The standard InChI is InChI=1S/C16H26N2O/c1-12-8-13(2)16(14(3)9-12)10-15(11-19)18-6-4-17-5-7-18/h8-9,15,17,19H,4-7,10-11H2,1-3H3. The molecular formula is C16H26N2O. The minimum atomic E-state index is 0.243. The number of aryl methyl sites for hydroxylation is 3. The van der Waals surface area contributed by atoms with Crippen LogP contribution in [0.15, 0.2) is 12.1 Å². The molecule has 1 aromatic carbocycles. The van der Waals surface area contributed by atoms with Gasteiger partial charge in [-0.2, -0.15) is 0 Å². The van der Waals surface area contributed by atoms with E-state index < -0.39 is 0 Å². The predicted molar refractivity (Wildman–Crippen MR) is 79.7 cm³/mol. The number of rotatable bonds is 4. The Balaban J connectivity index is 2.13. The Kier molecular flexibility index (Phi) is 4.97. The molecule has 2 rings (SSSR count).